The molecule has 1 atom stereocenters. The lowest BCUT2D eigenvalue weighted by molar-refractivity contribution is -0.386. The van der Waals surface area contributed by atoms with Crippen molar-refractivity contribution in [3.63, 3.8) is 0 Å². The van der Waals surface area contributed by atoms with Crippen LogP contribution in [0.3, 0.4) is 0 Å². The fourth-order valence-corrected chi connectivity index (χ4v) is 1.28. The number of aromatic nitrogens is 1. The summed E-state index contributed by atoms with van der Waals surface area (Å²) in [4.78, 5) is 24.8. The maximum absolute atomic E-state index is 10.8. The van der Waals surface area contributed by atoms with Crippen molar-refractivity contribution in [3.05, 3.63) is 27.9 Å². The predicted molar refractivity (Wildman–Crippen MR) is 57.9 cm³/mol. The van der Waals surface area contributed by atoms with E-state index in [0.717, 1.165) is 0 Å². The minimum absolute atomic E-state index is 0.0111. The highest BCUT2D eigenvalue weighted by atomic mass is 16.6. The predicted octanol–water partition coefficient (Wildman–Crippen LogP) is 1.26. The number of nitrogens with zero attached hydrogens (tertiary/aromatic N) is 2. The van der Waals surface area contributed by atoms with Crippen molar-refractivity contribution in [3.8, 4) is 5.88 Å². The van der Waals surface area contributed by atoms with E-state index in [1.165, 1.54) is 26.2 Å². The highest BCUT2D eigenvalue weighted by molar-refractivity contribution is 5.70. The summed E-state index contributed by atoms with van der Waals surface area (Å²) in [7, 11) is 1.39. The van der Waals surface area contributed by atoms with Gasteiger partial charge >= 0.3 is 5.97 Å². The van der Waals surface area contributed by atoms with Gasteiger partial charge in [0.2, 0.25) is 5.88 Å². The minimum atomic E-state index is -1.02. The van der Waals surface area contributed by atoms with Crippen LogP contribution in [0.25, 0.3) is 0 Å². The van der Waals surface area contributed by atoms with E-state index in [4.69, 9.17) is 9.84 Å². The number of nitro groups is 1. The normalized spacial score (nSPS) is 11.9. The van der Waals surface area contributed by atoms with E-state index < -0.39 is 16.8 Å². The molecule has 0 aromatic carbocycles. The van der Waals surface area contributed by atoms with E-state index in [0.29, 0.717) is 0 Å². The Hall–Kier alpha value is -2.18. The summed E-state index contributed by atoms with van der Waals surface area (Å²) in [6, 6.07) is 2.63. The van der Waals surface area contributed by atoms with Gasteiger partial charge in [0, 0.05) is 18.6 Å². The first-order valence-corrected chi connectivity index (χ1v) is 4.86. The lowest BCUT2D eigenvalue weighted by Gasteiger charge is -2.07. The van der Waals surface area contributed by atoms with Crippen molar-refractivity contribution in [1.82, 2.24) is 4.98 Å². The van der Waals surface area contributed by atoms with E-state index in [1.807, 2.05) is 0 Å². The first-order chi connectivity index (χ1) is 7.95. The molecule has 1 rings (SSSR count). The van der Waals surface area contributed by atoms with E-state index in [2.05, 4.69) is 4.98 Å². The molecule has 1 N–H and O–H groups in total. The number of hydrogen-bond donors (Lipinski definition) is 1. The summed E-state index contributed by atoms with van der Waals surface area (Å²) in [6.45, 7) is 1.47. The fraction of sp³-hybridized carbons (Fsp3) is 0.400. The van der Waals surface area contributed by atoms with Crippen LogP contribution in [-0.4, -0.2) is 28.1 Å². The first-order valence-electron chi connectivity index (χ1n) is 4.86. The molecule has 0 aliphatic carbocycles. The molecular formula is C10H12N2O5. The molecule has 0 fully saturated rings. The summed E-state index contributed by atoms with van der Waals surface area (Å²) >= 11 is 0. The number of pyridine rings is 1. The van der Waals surface area contributed by atoms with Crippen LogP contribution in [0.1, 0.15) is 12.6 Å². The molecule has 0 spiro atoms. The Labute approximate surface area is 97.2 Å². The summed E-state index contributed by atoms with van der Waals surface area (Å²) in [6.07, 6.45) is -0.0111. The third-order valence-corrected chi connectivity index (χ3v) is 2.25. The van der Waals surface area contributed by atoms with Crippen LogP contribution in [0.2, 0.25) is 0 Å². The van der Waals surface area contributed by atoms with E-state index in [9.17, 15) is 14.9 Å². The molecule has 0 saturated carbocycles. The number of carboxylic acids is 1. The topological polar surface area (TPSA) is 103 Å². The van der Waals surface area contributed by atoms with Gasteiger partial charge in [0.05, 0.1) is 18.0 Å². The van der Waals surface area contributed by atoms with E-state index in [1.54, 1.807) is 0 Å². The molecule has 1 aromatic rings. The Morgan fingerprint density at radius 1 is 1.65 bits per heavy atom. The third kappa shape index (κ3) is 3.13. The van der Waals surface area contributed by atoms with Crippen molar-refractivity contribution in [2.45, 2.75) is 13.3 Å². The zero-order valence-corrected chi connectivity index (χ0v) is 9.41. The zero-order valence-electron chi connectivity index (χ0n) is 9.41. The van der Waals surface area contributed by atoms with Gasteiger partial charge in [0.25, 0.3) is 5.69 Å². The SMILES string of the molecule is COc1ccc([N+](=O)[O-])c(C[C@H](C)C(=O)O)n1. The number of carboxylic acid groups (broad SMARTS) is 1. The van der Waals surface area contributed by atoms with Crippen molar-refractivity contribution in [2.24, 2.45) is 5.92 Å². The second kappa shape index (κ2) is 5.24. The van der Waals surface area contributed by atoms with Crippen LogP contribution in [0.4, 0.5) is 5.69 Å². The van der Waals surface area contributed by atoms with Crippen LogP contribution >= 0.6 is 0 Å². The molecule has 7 heteroatoms. The minimum Gasteiger partial charge on any atom is -0.481 e. The summed E-state index contributed by atoms with van der Waals surface area (Å²) in [5, 5.41) is 19.5. The van der Waals surface area contributed by atoms with Gasteiger partial charge in [-0.3, -0.25) is 14.9 Å². The number of aliphatic carboxylic acids is 1. The van der Waals surface area contributed by atoms with Crippen LogP contribution in [0, 0.1) is 16.0 Å². The quantitative estimate of drug-likeness (QED) is 0.614. The van der Waals surface area contributed by atoms with Crippen LogP contribution in [0.5, 0.6) is 5.88 Å². The zero-order chi connectivity index (χ0) is 13.0. The van der Waals surface area contributed by atoms with Crippen LogP contribution in [0.15, 0.2) is 12.1 Å². The van der Waals surface area contributed by atoms with Crippen molar-refractivity contribution in [1.29, 1.82) is 0 Å². The molecule has 7 nitrogen and oxygen atoms in total. The molecule has 0 bridgehead atoms. The van der Waals surface area contributed by atoms with Gasteiger partial charge < -0.3 is 9.84 Å². The fourth-order valence-electron chi connectivity index (χ4n) is 1.28. The Bertz CT molecular complexity index is 446. The first kappa shape index (κ1) is 12.9. The van der Waals surface area contributed by atoms with Gasteiger partial charge in [0.15, 0.2) is 0 Å². The number of carbonyl (C=O) groups is 1. The van der Waals surface area contributed by atoms with Gasteiger partial charge in [-0.2, -0.15) is 0 Å². The molecule has 92 valence electrons. The molecule has 1 aromatic heterocycles. The molecule has 0 unspecified atom stereocenters. The van der Waals surface area contributed by atoms with Gasteiger partial charge in [-0.1, -0.05) is 6.92 Å². The number of hydrogen-bond acceptors (Lipinski definition) is 5. The van der Waals surface area contributed by atoms with E-state index >= 15 is 0 Å². The Morgan fingerprint density at radius 2 is 2.29 bits per heavy atom. The van der Waals surface area contributed by atoms with E-state index in [-0.39, 0.29) is 23.7 Å². The Morgan fingerprint density at radius 3 is 2.76 bits per heavy atom. The van der Waals surface area contributed by atoms with Crippen molar-refractivity contribution in [2.75, 3.05) is 7.11 Å². The molecule has 0 amide bonds. The third-order valence-electron chi connectivity index (χ3n) is 2.25. The summed E-state index contributed by atoms with van der Waals surface area (Å²) in [5.74, 6) is -1.54. The average Bonchev–Trinajstić information content (AvgIpc) is 2.28. The van der Waals surface area contributed by atoms with Gasteiger partial charge in [0.1, 0.15) is 5.69 Å². The second-order valence-electron chi connectivity index (χ2n) is 3.52. The molecular weight excluding hydrogens is 228 g/mol. The largest absolute Gasteiger partial charge is 0.481 e. The maximum atomic E-state index is 10.8. The molecule has 0 radical (unpaired) electrons. The summed E-state index contributed by atoms with van der Waals surface area (Å²) in [5.41, 5.74) is -0.0804. The highest BCUT2D eigenvalue weighted by Gasteiger charge is 2.21. The Balaban J connectivity index is 3.09. The molecule has 0 aliphatic rings. The lowest BCUT2D eigenvalue weighted by Crippen LogP contribution is -2.14. The average molecular weight is 240 g/mol. The van der Waals surface area contributed by atoms with Gasteiger partial charge in [-0.15, -0.1) is 0 Å². The Kier molecular flexibility index (Phi) is 3.97. The monoisotopic (exact) mass is 240 g/mol. The molecule has 0 saturated heterocycles. The molecule has 17 heavy (non-hydrogen) atoms. The highest BCUT2D eigenvalue weighted by Crippen LogP contribution is 2.22. The molecule has 1 heterocycles. The van der Waals surface area contributed by atoms with Gasteiger partial charge in [-0.05, 0) is 0 Å². The molecule has 0 aliphatic heterocycles. The number of ether oxygens (including phenoxy) is 1. The maximum Gasteiger partial charge on any atom is 0.306 e. The number of methoxy groups -OCH3 is 1. The smallest absolute Gasteiger partial charge is 0.306 e. The van der Waals surface area contributed by atoms with Crippen LogP contribution in [-0.2, 0) is 11.2 Å². The standard InChI is InChI=1S/C10H12N2O5/c1-6(10(13)14)5-7-8(12(15)16)3-4-9(11-7)17-2/h3-4,6H,5H2,1-2H3,(H,13,14)/t6-/m0/s1. The van der Waals surface area contributed by atoms with Crippen molar-refractivity contribution < 1.29 is 19.6 Å². The van der Waals surface area contributed by atoms with Crippen LogP contribution < -0.4 is 4.74 Å². The second-order valence-corrected chi connectivity index (χ2v) is 3.52. The summed E-state index contributed by atoms with van der Waals surface area (Å²) < 4.78 is 4.85. The van der Waals surface area contributed by atoms with Crippen molar-refractivity contribution >= 4 is 11.7 Å². The van der Waals surface area contributed by atoms with Gasteiger partial charge in [-0.25, -0.2) is 4.98 Å². The number of rotatable bonds is 5. The lowest BCUT2D eigenvalue weighted by atomic mass is 10.0.